The van der Waals surface area contributed by atoms with Gasteiger partial charge < -0.3 is 10.6 Å². The van der Waals surface area contributed by atoms with Crippen molar-refractivity contribution in [2.75, 3.05) is 10.6 Å². The first-order valence-corrected chi connectivity index (χ1v) is 7.00. The Labute approximate surface area is 129 Å². The van der Waals surface area contributed by atoms with Crippen molar-refractivity contribution in [1.29, 1.82) is 0 Å². The minimum absolute atomic E-state index is 0.0917. The first kappa shape index (κ1) is 15.8. The molecule has 0 aliphatic carbocycles. The van der Waals surface area contributed by atoms with Crippen molar-refractivity contribution in [3.05, 3.63) is 41.7 Å². The number of carbonyl (C=O) groups excluding carboxylic acids is 2. The second kappa shape index (κ2) is 6.01. The molecule has 0 radical (unpaired) electrons. The number of nitrogens with one attached hydrogen (secondary N) is 3. The molecule has 0 saturated heterocycles. The molecule has 2 rings (SSSR count). The fraction of sp³-hybridized carbons (Fsp3) is 0.312. The Morgan fingerprint density at radius 2 is 1.59 bits per heavy atom. The van der Waals surface area contributed by atoms with Crippen molar-refractivity contribution in [2.45, 2.75) is 33.1 Å². The van der Waals surface area contributed by atoms with Crippen LogP contribution in [0.4, 0.5) is 11.4 Å². The molecule has 0 bridgehead atoms. The van der Waals surface area contributed by atoms with Crippen molar-refractivity contribution in [3.8, 4) is 0 Å². The van der Waals surface area contributed by atoms with Crippen LogP contribution < -0.4 is 10.6 Å². The van der Waals surface area contributed by atoms with Crippen LogP contribution in [0.2, 0.25) is 0 Å². The molecular weight excluding hydrogens is 280 g/mol. The Morgan fingerprint density at radius 1 is 1.05 bits per heavy atom. The fourth-order valence-electron chi connectivity index (χ4n) is 1.86. The van der Waals surface area contributed by atoms with E-state index >= 15 is 0 Å². The summed E-state index contributed by atoms with van der Waals surface area (Å²) in [6, 6.07) is 8.65. The Bertz CT molecular complexity index is 681. The van der Waals surface area contributed by atoms with Gasteiger partial charge in [0.15, 0.2) is 5.69 Å². The lowest BCUT2D eigenvalue weighted by Crippen LogP contribution is -2.13. The largest absolute Gasteiger partial charge is 0.326 e. The van der Waals surface area contributed by atoms with Gasteiger partial charge in [-0.3, -0.25) is 14.7 Å². The number of hydrogen-bond acceptors (Lipinski definition) is 3. The Hall–Kier alpha value is -2.63. The van der Waals surface area contributed by atoms with Gasteiger partial charge in [-0.2, -0.15) is 5.10 Å². The number of aromatic amines is 1. The molecule has 0 spiro atoms. The zero-order valence-electron chi connectivity index (χ0n) is 13.2. The molecular formula is C16H20N4O2. The van der Waals surface area contributed by atoms with Gasteiger partial charge in [-0.1, -0.05) is 20.8 Å². The first-order chi connectivity index (χ1) is 10.3. The number of H-pyrrole nitrogens is 1. The number of rotatable bonds is 3. The third kappa shape index (κ3) is 3.94. The van der Waals surface area contributed by atoms with Crippen LogP contribution >= 0.6 is 0 Å². The van der Waals surface area contributed by atoms with Gasteiger partial charge in [-0.25, -0.2) is 0 Å². The molecule has 0 aliphatic rings. The number of anilines is 2. The molecule has 0 unspecified atom stereocenters. The highest BCUT2D eigenvalue weighted by Gasteiger charge is 2.19. The summed E-state index contributed by atoms with van der Waals surface area (Å²) in [6.45, 7) is 7.58. The summed E-state index contributed by atoms with van der Waals surface area (Å²) in [7, 11) is 0. The average molecular weight is 300 g/mol. The molecule has 2 amide bonds. The van der Waals surface area contributed by atoms with Crippen LogP contribution in [0.3, 0.4) is 0 Å². The Balaban J connectivity index is 2.05. The summed E-state index contributed by atoms with van der Waals surface area (Å²) in [4.78, 5) is 23.1. The molecule has 0 saturated carbocycles. The number of amides is 2. The highest BCUT2D eigenvalue weighted by atomic mass is 16.2. The molecule has 0 aliphatic heterocycles. The van der Waals surface area contributed by atoms with Gasteiger partial charge >= 0.3 is 0 Å². The van der Waals surface area contributed by atoms with E-state index in [2.05, 4.69) is 20.8 Å². The zero-order chi connectivity index (χ0) is 16.3. The lowest BCUT2D eigenvalue weighted by Gasteiger charge is -2.14. The van der Waals surface area contributed by atoms with Gasteiger partial charge in [0.05, 0.1) is 0 Å². The molecule has 2 aromatic rings. The van der Waals surface area contributed by atoms with Crippen LogP contribution in [0.5, 0.6) is 0 Å². The van der Waals surface area contributed by atoms with Crippen molar-refractivity contribution < 1.29 is 9.59 Å². The van der Waals surface area contributed by atoms with E-state index < -0.39 is 0 Å². The molecule has 6 heteroatoms. The van der Waals surface area contributed by atoms with Gasteiger partial charge in [-0.15, -0.1) is 0 Å². The summed E-state index contributed by atoms with van der Waals surface area (Å²) < 4.78 is 0. The maximum Gasteiger partial charge on any atom is 0.276 e. The molecule has 0 fully saturated rings. The molecule has 0 atom stereocenters. The lowest BCUT2D eigenvalue weighted by atomic mass is 9.92. The average Bonchev–Trinajstić information content (AvgIpc) is 2.90. The summed E-state index contributed by atoms with van der Waals surface area (Å²) in [5, 5.41) is 12.4. The van der Waals surface area contributed by atoms with Crippen LogP contribution in [0.1, 0.15) is 43.9 Å². The monoisotopic (exact) mass is 300 g/mol. The molecule has 22 heavy (non-hydrogen) atoms. The molecule has 1 heterocycles. The minimum atomic E-state index is -0.279. The van der Waals surface area contributed by atoms with E-state index in [-0.39, 0.29) is 17.2 Å². The van der Waals surface area contributed by atoms with Crippen LogP contribution in [0.15, 0.2) is 30.3 Å². The van der Waals surface area contributed by atoms with Crippen molar-refractivity contribution in [2.24, 2.45) is 0 Å². The number of aromatic nitrogens is 2. The summed E-state index contributed by atoms with van der Waals surface area (Å²) in [5.74, 6) is -0.415. The van der Waals surface area contributed by atoms with Gasteiger partial charge in [0.1, 0.15) is 0 Å². The molecule has 3 N–H and O–H groups in total. The first-order valence-electron chi connectivity index (χ1n) is 7.00. The number of carbonyl (C=O) groups is 2. The van der Waals surface area contributed by atoms with Crippen LogP contribution in [-0.2, 0) is 10.2 Å². The predicted octanol–water partition coefficient (Wildman–Crippen LogP) is 2.92. The normalized spacial score (nSPS) is 11.1. The summed E-state index contributed by atoms with van der Waals surface area (Å²) >= 11 is 0. The van der Waals surface area contributed by atoms with Crippen LogP contribution in [-0.4, -0.2) is 22.0 Å². The van der Waals surface area contributed by atoms with Crippen molar-refractivity contribution in [1.82, 2.24) is 10.2 Å². The van der Waals surface area contributed by atoms with Gasteiger partial charge in [-0.05, 0) is 30.3 Å². The lowest BCUT2D eigenvalue weighted by molar-refractivity contribution is -0.114. The maximum absolute atomic E-state index is 12.2. The highest BCUT2D eigenvalue weighted by Crippen LogP contribution is 2.21. The topological polar surface area (TPSA) is 86.9 Å². The maximum atomic E-state index is 12.2. The number of benzene rings is 1. The van der Waals surface area contributed by atoms with Gasteiger partial charge in [0.2, 0.25) is 5.91 Å². The van der Waals surface area contributed by atoms with E-state index in [4.69, 9.17) is 0 Å². The summed E-state index contributed by atoms with van der Waals surface area (Å²) in [5.41, 5.74) is 2.47. The molecule has 1 aromatic heterocycles. The second-order valence-electron chi connectivity index (χ2n) is 6.13. The molecule has 1 aromatic carbocycles. The molecule has 116 valence electrons. The third-order valence-electron chi connectivity index (χ3n) is 3.08. The fourth-order valence-corrected chi connectivity index (χ4v) is 1.86. The Kier molecular flexibility index (Phi) is 4.30. The van der Waals surface area contributed by atoms with Crippen molar-refractivity contribution in [3.63, 3.8) is 0 Å². The van der Waals surface area contributed by atoms with Gasteiger partial charge in [0.25, 0.3) is 5.91 Å². The predicted molar refractivity (Wildman–Crippen MR) is 86.0 cm³/mol. The SMILES string of the molecule is CC(=O)Nc1ccc(NC(=O)c2cc(C(C)(C)C)[nH]n2)cc1. The summed E-state index contributed by atoms with van der Waals surface area (Å²) in [6.07, 6.45) is 0. The number of hydrogen-bond donors (Lipinski definition) is 3. The van der Waals surface area contributed by atoms with Crippen LogP contribution in [0, 0.1) is 0 Å². The Morgan fingerprint density at radius 3 is 2.05 bits per heavy atom. The smallest absolute Gasteiger partial charge is 0.276 e. The number of nitrogens with zero attached hydrogens (tertiary/aromatic N) is 1. The highest BCUT2D eigenvalue weighted by molar-refractivity contribution is 6.03. The third-order valence-corrected chi connectivity index (χ3v) is 3.08. The van der Waals surface area contributed by atoms with E-state index in [9.17, 15) is 9.59 Å². The van der Waals surface area contributed by atoms with E-state index in [0.717, 1.165) is 5.69 Å². The van der Waals surface area contributed by atoms with E-state index in [1.165, 1.54) is 6.92 Å². The van der Waals surface area contributed by atoms with Crippen LogP contribution in [0.25, 0.3) is 0 Å². The standard InChI is InChI=1S/C16H20N4O2/c1-10(21)17-11-5-7-12(8-6-11)18-15(22)13-9-14(20-19-13)16(2,3)4/h5-9H,1-4H3,(H,17,21)(H,18,22)(H,19,20). The zero-order valence-corrected chi connectivity index (χ0v) is 13.2. The second-order valence-corrected chi connectivity index (χ2v) is 6.13. The van der Waals surface area contributed by atoms with E-state index in [1.54, 1.807) is 30.3 Å². The minimum Gasteiger partial charge on any atom is -0.326 e. The van der Waals surface area contributed by atoms with Crippen molar-refractivity contribution >= 4 is 23.2 Å². The molecule has 6 nitrogen and oxygen atoms in total. The van der Waals surface area contributed by atoms with E-state index in [0.29, 0.717) is 17.1 Å². The van der Waals surface area contributed by atoms with E-state index in [1.807, 2.05) is 20.8 Å². The quantitative estimate of drug-likeness (QED) is 0.814. The van der Waals surface area contributed by atoms with Gasteiger partial charge in [0, 0.05) is 29.4 Å².